The van der Waals surface area contributed by atoms with Gasteiger partial charge in [-0.1, -0.05) is 19.1 Å². The van der Waals surface area contributed by atoms with E-state index in [1.54, 1.807) is 24.5 Å². The molecule has 2 rings (SSSR count). The largest absolute Gasteiger partial charge is 0.310 e. The van der Waals surface area contributed by atoms with Gasteiger partial charge in [0.05, 0.1) is 6.54 Å². The highest BCUT2D eigenvalue weighted by Crippen LogP contribution is 2.17. The minimum atomic E-state index is -0.238. The molecule has 0 aliphatic heterocycles. The van der Waals surface area contributed by atoms with Gasteiger partial charge in [-0.2, -0.15) is 0 Å². The van der Waals surface area contributed by atoms with Gasteiger partial charge in [0, 0.05) is 18.0 Å². The topological polar surface area (TPSA) is 37.8 Å². The van der Waals surface area contributed by atoms with Crippen molar-refractivity contribution in [3.05, 3.63) is 48.3 Å². The first-order valence-corrected chi connectivity index (χ1v) is 5.57. The third-order valence-corrected chi connectivity index (χ3v) is 2.42. The van der Waals surface area contributed by atoms with Crippen LogP contribution in [0.2, 0.25) is 0 Å². The molecule has 0 aliphatic carbocycles. The molecule has 0 bridgehead atoms. The summed E-state index contributed by atoms with van der Waals surface area (Å²) in [5, 5.41) is 3.16. The maximum Gasteiger partial charge on any atom is 0.141 e. The number of halogens is 1. The fourth-order valence-electron chi connectivity index (χ4n) is 1.47. The standard InChI is InChI=1S/C13H14FN3/c1-2-15-9-13-16-7-11(8-17-13)10-3-5-12(14)6-4-10/h3-8,15H,2,9H2,1H3. The van der Waals surface area contributed by atoms with Crippen LogP contribution in [-0.2, 0) is 6.54 Å². The predicted octanol–water partition coefficient (Wildman–Crippen LogP) is 2.39. The summed E-state index contributed by atoms with van der Waals surface area (Å²) in [7, 11) is 0. The molecule has 0 fully saturated rings. The summed E-state index contributed by atoms with van der Waals surface area (Å²) in [6.07, 6.45) is 3.51. The van der Waals surface area contributed by atoms with Gasteiger partial charge in [-0.15, -0.1) is 0 Å². The molecule has 0 saturated heterocycles. The smallest absolute Gasteiger partial charge is 0.141 e. The zero-order chi connectivity index (χ0) is 12.1. The zero-order valence-corrected chi connectivity index (χ0v) is 9.65. The number of benzene rings is 1. The molecule has 0 radical (unpaired) electrons. The lowest BCUT2D eigenvalue weighted by atomic mass is 10.1. The molecule has 1 N–H and O–H groups in total. The molecule has 0 atom stereocenters. The van der Waals surface area contributed by atoms with Gasteiger partial charge in [-0.05, 0) is 24.2 Å². The molecule has 0 unspecified atom stereocenters. The Bertz CT molecular complexity index is 465. The Hall–Kier alpha value is -1.81. The minimum Gasteiger partial charge on any atom is -0.310 e. The Morgan fingerprint density at radius 1 is 1.06 bits per heavy atom. The van der Waals surface area contributed by atoms with Crippen molar-refractivity contribution in [1.29, 1.82) is 0 Å². The fraction of sp³-hybridized carbons (Fsp3) is 0.231. The van der Waals surface area contributed by atoms with Gasteiger partial charge in [0.2, 0.25) is 0 Å². The number of hydrogen-bond donors (Lipinski definition) is 1. The van der Waals surface area contributed by atoms with Crippen LogP contribution in [0.1, 0.15) is 12.7 Å². The van der Waals surface area contributed by atoms with Gasteiger partial charge in [-0.25, -0.2) is 14.4 Å². The SMILES string of the molecule is CCNCc1ncc(-c2ccc(F)cc2)cn1. The van der Waals surface area contributed by atoms with Crippen LogP contribution in [0.15, 0.2) is 36.7 Å². The monoisotopic (exact) mass is 231 g/mol. The second-order valence-corrected chi connectivity index (χ2v) is 3.68. The van der Waals surface area contributed by atoms with Gasteiger partial charge < -0.3 is 5.32 Å². The second-order valence-electron chi connectivity index (χ2n) is 3.68. The molecule has 1 aromatic heterocycles. The van der Waals surface area contributed by atoms with Crippen LogP contribution in [-0.4, -0.2) is 16.5 Å². The normalized spacial score (nSPS) is 10.5. The summed E-state index contributed by atoms with van der Waals surface area (Å²) >= 11 is 0. The van der Waals surface area contributed by atoms with Crippen molar-refractivity contribution in [2.45, 2.75) is 13.5 Å². The molecule has 0 saturated carbocycles. The van der Waals surface area contributed by atoms with Crippen LogP contribution < -0.4 is 5.32 Å². The maximum absolute atomic E-state index is 12.8. The Morgan fingerprint density at radius 2 is 1.71 bits per heavy atom. The molecule has 0 spiro atoms. The van der Waals surface area contributed by atoms with Gasteiger partial charge in [0.1, 0.15) is 11.6 Å². The molecule has 4 heteroatoms. The predicted molar refractivity (Wildman–Crippen MR) is 64.8 cm³/mol. The lowest BCUT2D eigenvalue weighted by Crippen LogP contribution is -2.14. The highest BCUT2D eigenvalue weighted by atomic mass is 19.1. The van der Waals surface area contributed by atoms with E-state index in [-0.39, 0.29) is 5.82 Å². The van der Waals surface area contributed by atoms with Crippen LogP contribution in [0.25, 0.3) is 11.1 Å². The maximum atomic E-state index is 12.8. The first kappa shape index (κ1) is 11.7. The van der Waals surface area contributed by atoms with Crippen LogP contribution >= 0.6 is 0 Å². The number of nitrogens with one attached hydrogen (secondary N) is 1. The van der Waals surface area contributed by atoms with E-state index in [9.17, 15) is 4.39 Å². The summed E-state index contributed by atoms with van der Waals surface area (Å²) in [5.74, 6) is 0.524. The van der Waals surface area contributed by atoms with Crippen molar-refractivity contribution in [3.8, 4) is 11.1 Å². The number of rotatable bonds is 4. The number of nitrogens with zero attached hydrogens (tertiary/aromatic N) is 2. The molecule has 2 aromatic rings. The Morgan fingerprint density at radius 3 is 2.29 bits per heavy atom. The van der Waals surface area contributed by atoms with Gasteiger partial charge >= 0.3 is 0 Å². The van der Waals surface area contributed by atoms with Crippen LogP contribution in [0, 0.1) is 5.82 Å². The Kier molecular flexibility index (Phi) is 3.77. The summed E-state index contributed by atoms with van der Waals surface area (Å²) in [6.45, 7) is 3.59. The molecule has 17 heavy (non-hydrogen) atoms. The van der Waals surface area contributed by atoms with Crippen LogP contribution in [0.3, 0.4) is 0 Å². The summed E-state index contributed by atoms with van der Waals surface area (Å²) in [4.78, 5) is 8.50. The molecular formula is C13H14FN3. The Balaban J connectivity index is 2.14. The van der Waals surface area contributed by atoms with Crippen LogP contribution in [0.4, 0.5) is 4.39 Å². The molecule has 0 amide bonds. The Labute approximate surface area is 99.7 Å². The third-order valence-electron chi connectivity index (χ3n) is 2.42. The lowest BCUT2D eigenvalue weighted by molar-refractivity contribution is 0.628. The highest BCUT2D eigenvalue weighted by Gasteiger charge is 2.00. The summed E-state index contributed by atoms with van der Waals surface area (Å²) in [6, 6.07) is 6.31. The quantitative estimate of drug-likeness (QED) is 0.878. The summed E-state index contributed by atoms with van der Waals surface area (Å²) < 4.78 is 12.8. The number of aromatic nitrogens is 2. The van der Waals surface area contributed by atoms with Crippen molar-refractivity contribution >= 4 is 0 Å². The van der Waals surface area contributed by atoms with Crippen molar-refractivity contribution in [1.82, 2.24) is 15.3 Å². The van der Waals surface area contributed by atoms with Crippen molar-refractivity contribution in [2.24, 2.45) is 0 Å². The number of hydrogen-bond acceptors (Lipinski definition) is 3. The fourth-order valence-corrected chi connectivity index (χ4v) is 1.47. The van der Waals surface area contributed by atoms with E-state index in [1.165, 1.54) is 12.1 Å². The van der Waals surface area contributed by atoms with Gasteiger partial charge in [0.15, 0.2) is 0 Å². The third kappa shape index (κ3) is 3.07. The van der Waals surface area contributed by atoms with Crippen LogP contribution in [0.5, 0.6) is 0 Å². The summed E-state index contributed by atoms with van der Waals surface area (Å²) in [5.41, 5.74) is 1.81. The molecule has 3 nitrogen and oxygen atoms in total. The van der Waals surface area contributed by atoms with Crippen molar-refractivity contribution in [3.63, 3.8) is 0 Å². The minimum absolute atomic E-state index is 0.238. The molecule has 1 heterocycles. The van der Waals surface area contributed by atoms with E-state index in [1.807, 2.05) is 6.92 Å². The van der Waals surface area contributed by atoms with Gasteiger partial charge in [0.25, 0.3) is 0 Å². The molecule has 0 aliphatic rings. The van der Waals surface area contributed by atoms with E-state index in [2.05, 4.69) is 15.3 Å². The first-order valence-electron chi connectivity index (χ1n) is 5.57. The first-order chi connectivity index (χ1) is 8.29. The van der Waals surface area contributed by atoms with E-state index >= 15 is 0 Å². The average molecular weight is 231 g/mol. The second kappa shape index (κ2) is 5.50. The lowest BCUT2D eigenvalue weighted by Gasteiger charge is -2.03. The highest BCUT2D eigenvalue weighted by molar-refractivity contribution is 5.61. The van der Waals surface area contributed by atoms with E-state index in [0.29, 0.717) is 6.54 Å². The van der Waals surface area contributed by atoms with E-state index in [0.717, 1.165) is 23.5 Å². The van der Waals surface area contributed by atoms with Crippen molar-refractivity contribution < 1.29 is 4.39 Å². The average Bonchev–Trinajstić information content (AvgIpc) is 2.38. The molecule has 88 valence electrons. The zero-order valence-electron chi connectivity index (χ0n) is 9.65. The van der Waals surface area contributed by atoms with Gasteiger partial charge in [-0.3, -0.25) is 0 Å². The van der Waals surface area contributed by atoms with E-state index in [4.69, 9.17) is 0 Å². The molecule has 1 aromatic carbocycles. The van der Waals surface area contributed by atoms with E-state index < -0.39 is 0 Å². The molecular weight excluding hydrogens is 217 g/mol. The van der Waals surface area contributed by atoms with Crippen molar-refractivity contribution in [2.75, 3.05) is 6.54 Å².